The van der Waals surface area contributed by atoms with E-state index in [1.165, 1.54) is 0 Å². The van der Waals surface area contributed by atoms with Crippen LogP contribution in [0.5, 0.6) is 0 Å². The lowest BCUT2D eigenvalue weighted by Crippen LogP contribution is -2.27. The number of hydrogen-bond donors (Lipinski definition) is 2. The van der Waals surface area contributed by atoms with E-state index in [0.29, 0.717) is 0 Å². The summed E-state index contributed by atoms with van der Waals surface area (Å²) in [6.07, 6.45) is 0. The second kappa shape index (κ2) is 5.23. The fourth-order valence-corrected chi connectivity index (χ4v) is 3.12. The first kappa shape index (κ1) is 13.5. The number of rotatable bonds is 1. The van der Waals surface area contributed by atoms with E-state index in [9.17, 15) is 0 Å². The predicted octanol–water partition coefficient (Wildman–Crippen LogP) is 3.94. The Morgan fingerprint density at radius 3 is 2.36 bits per heavy atom. The lowest BCUT2D eigenvalue weighted by atomic mass is 9.90. The van der Waals surface area contributed by atoms with Crippen LogP contribution in [-0.2, 0) is 0 Å². The van der Waals surface area contributed by atoms with Gasteiger partial charge in [0.2, 0.25) is 0 Å². The normalized spacial score (nSPS) is 22.8. The molecule has 5 heteroatoms. The lowest BCUT2D eigenvalue weighted by Gasteiger charge is -2.17. The zero-order chi connectivity index (χ0) is 15.1. The third-order valence-corrected chi connectivity index (χ3v) is 4.33. The molecule has 2 unspecified atom stereocenters. The van der Waals surface area contributed by atoms with Crippen LogP contribution in [0.4, 0.5) is 11.4 Å². The minimum absolute atomic E-state index is 0.0913. The van der Waals surface area contributed by atoms with Crippen molar-refractivity contribution < 1.29 is 0 Å². The Kier molecular flexibility index (Phi) is 3.21. The summed E-state index contributed by atoms with van der Waals surface area (Å²) in [4.78, 5) is 9.52. The molecular formula is C17H15ClN4. The van der Waals surface area contributed by atoms with Gasteiger partial charge in [0, 0.05) is 10.7 Å². The molecule has 0 saturated carbocycles. The van der Waals surface area contributed by atoms with E-state index in [2.05, 4.69) is 17.8 Å². The molecule has 4 nitrogen and oxygen atoms in total. The summed E-state index contributed by atoms with van der Waals surface area (Å²) >= 11 is 5.99. The van der Waals surface area contributed by atoms with E-state index < -0.39 is 0 Å². The Labute approximate surface area is 133 Å². The molecule has 1 saturated heterocycles. The van der Waals surface area contributed by atoms with Crippen molar-refractivity contribution in [1.82, 2.24) is 10.9 Å². The molecule has 2 aromatic carbocycles. The molecule has 2 atom stereocenters. The van der Waals surface area contributed by atoms with Gasteiger partial charge in [-0.15, -0.1) is 0 Å². The number of fused-ring (bicyclic) bond motifs is 2. The third-order valence-electron chi connectivity index (χ3n) is 4.08. The number of aliphatic imine (C=N–C) groups is 2. The lowest BCUT2D eigenvalue weighted by molar-refractivity contribution is 0.553. The molecule has 110 valence electrons. The maximum absolute atomic E-state index is 5.99. The van der Waals surface area contributed by atoms with Gasteiger partial charge in [-0.1, -0.05) is 35.9 Å². The number of nitrogens with one attached hydrogen (secondary N) is 2. The monoisotopic (exact) mass is 310 g/mol. The second-order valence-electron chi connectivity index (χ2n) is 5.52. The second-order valence-corrected chi connectivity index (χ2v) is 5.95. The minimum atomic E-state index is 0.0913. The summed E-state index contributed by atoms with van der Waals surface area (Å²) in [5.74, 6) is 1.000. The van der Waals surface area contributed by atoms with Crippen LogP contribution in [-0.4, -0.2) is 11.5 Å². The van der Waals surface area contributed by atoms with Gasteiger partial charge in [-0.2, -0.15) is 0 Å². The highest BCUT2D eigenvalue weighted by molar-refractivity contribution is 6.30. The molecule has 0 aliphatic carbocycles. The van der Waals surface area contributed by atoms with Crippen molar-refractivity contribution in [2.24, 2.45) is 15.9 Å². The first-order chi connectivity index (χ1) is 10.7. The van der Waals surface area contributed by atoms with E-state index in [1.54, 1.807) is 0 Å². The number of nitrogens with zero attached hydrogens (tertiary/aromatic N) is 2. The first-order valence-corrected chi connectivity index (χ1v) is 7.60. The molecule has 2 heterocycles. The van der Waals surface area contributed by atoms with E-state index in [4.69, 9.17) is 21.6 Å². The van der Waals surface area contributed by atoms with E-state index in [-0.39, 0.29) is 12.0 Å². The van der Waals surface area contributed by atoms with Crippen LogP contribution in [0.3, 0.4) is 0 Å². The van der Waals surface area contributed by atoms with E-state index in [0.717, 1.165) is 33.5 Å². The van der Waals surface area contributed by atoms with Crippen molar-refractivity contribution in [3.63, 3.8) is 0 Å². The summed E-state index contributed by atoms with van der Waals surface area (Å²) in [5.41, 5.74) is 10.5. The summed E-state index contributed by atoms with van der Waals surface area (Å²) in [6, 6.07) is 15.9. The Balaban J connectivity index is 1.78. The van der Waals surface area contributed by atoms with Crippen LogP contribution in [0, 0.1) is 5.92 Å². The molecular weight excluding hydrogens is 296 g/mol. The van der Waals surface area contributed by atoms with Crippen LogP contribution in [0.15, 0.2) is 58.5 Å². The van der Waals surface area contributed by atoms with Gasteiger partial charge in [-0.25, -0.2) is 10.4 Å². The van der Waals surface area contributed by atoms with Crippen molar-refractivity contribution in [1.29, 1.82) is 0 Å². The smallest absolute Gasteiger partial charge is 0.127 e. The Hall–Kier alpha value is -2.17. The van der Waals surface area contributed by atoms with Crippen molar-refractivity contribution in [2.45, 2.75) is 13.0 Å². The topological polar surface area (TPSA) is 48.8 Å². The van der Waals surface area contributed by atoms with Crippen LogP contribution >= 0.6 is 11.6 Å². The summed E-state index contributed by atoms with van der Waals surface area (Å²) < 4.78 is 0. The molecule has 0 bridgehead atoms. The van der Waals surface area contributed by atoms with Crippen molar-refractivity contribution >= 4 is 34.5 Å². The van der Waals surface area contributed by atoms with Gasteiger partial charge in [-0.3, -0.25) is 4.99 Å². The fourth-order valence-electron chi connectivity index (χ4n) is 3.00. The molecule has 0 amide bonds. The highest BCUT2D eigenvalue weighted by atomic mass is 35.5. The maximum Gasteiger partial charge on any atom is 0.127 e. The number of para-hydroxylation sites is 2. The Morgan fingerprint density at radius 1 is 0.955 bits per heavy atom. The zero-order valence-electron chi connectivity index (χ0n) is 12.0. The summed E-state index contributed by atoms with van der Waals surface area (Å²) in [7, 11) is 0. The molecule has 2 aliphatic heterocycles. The van der Waals surface area contributed by atoms with Crippen LogP contribution in [0.25, 0.3) is 0 Å². The molecule has 2 N–H and O–H groups in total. The molecule has 4 rings (SSSR count). The van der Waals surface area contributed by atoms with Crippen molar-refractivity contribution in [3.8, 4) is 0 Å². The number of halogens is 1. The van der Waals surface area contributed by atoms with Crippen molar-refractivity contribution in [2.75, 3.05) is 0 Å². The predicted molar refractivity (Wildman–Crippen MR) is 90.3 cm³/mol. The molecule has 0 spiro atoms. The van der Waals surface area contributed by atoms with Crippen LogP contribution in [0.2, 0.25) is 5.02 Å². The maximum atomic E-state index is 5.99. The van der Waals surface area contributed by atoms with Gasteiger partial charge in [0.25, 0.3) is 0 Å². The van der Waals surface area contributed by atoms with Gasteiger partial charge < -0.3 is 5.43 Å². The number of hydrazine groups is 1. The standard InChI is InChI=1S/C17H15ClN4/c1-10-15-16(11-6-8-12(18)9-7-11)21-22-17(15)20-14-5-3-2-4-13(14)19-10/h2-9,15-16,21H,1H3,(H,20,22). The molecule has 1 fully saturated rings. The average molecular weight is 311 g/mol. The first-order valence-electron chi connectivity index (χ1n) is 7.22. The van der Waals surface area contributed by atoms with Gasteiger partial charge in [0.05, 0.1) is 23.3 Å². The molecule has 0 aromatic heterocycles. The SMILES string of the molecule is CC1=Nc2ccccc2N=C2NNC(c3ccc(Cl)cc3)C12. The number of hydrogen-bond acceptors (Lipinski definition) is 4. The quantitative estimate of drug-likeness (QED) is 0.838. The number of amidine groups is 1. The average Bonchev–Trinajstić information content (AvgIpc) is 2.87. The zero-order valence-corrected chi connectivity index (χ0v) is 12.8. The Morgan fingerprint density at radius 2 is 1.64 bits per heavy atom. The van der Waals surface area contributed by atoms with Gasteiger partial charge in [0.15, 0.2) is 0 Å². The molecule has 0 radical (unpaired) electrons. The van der Waals surface area contributed by atoms with Crippen LogP contribution in [0.1, 0.15) is 18.5 Å². The largest absolute Gasteiger partial charge is 0.308 e. The fraction of sp³-hybridized carbons (Fsp3) is 0.176. The van der Waals surface area contributed by atoms with Gasteiger partial charge in [-0.05, 0) is 36.8 Å². The highest BCUT2D eigenvalue weighted by Gasteiger charge is 2.37. The molecule has 2 aliphatic rings. The summed E-state index contributed by atoms with van der Waals surface area (Å²) in [6.45, 7) is 2.06. The number of benzene rings is 2. The van der Waals surface area contributed by atoms with Gasteiger partial charge >= 0.3 is 0 Å². The minimum Gasteiger partial charge on any atom is -0.308 e. The van der Waals surface area contributed by atoms with E-state index in [1.807, 2.05) is 48.5 Å². The highest BCUT2D eigenvalue weighted by Crippen LogP contribution is 2.36. The Bertz CT molecular complexity index is 780. The van der Waals surface area contributed by atoms with E-state index >= 15 is 0 Å². The van der Waals surface area contributed by atoms with Crippen molar-refractivity contribution in [3.05, 3.63) is 59.1 Å². The van der Waals surface area contributed by atoms with Crippen LogP contribution < -0.4 is 10.9 Å². The third kappa shape index (κ3) is 2.21. The summed E-state index contributed by atoms with van der Waals surface area (Å²) in [5, 5.41) is 0.738. The molecule has 22 heavy (non-hydrogen) atoms. The van der Waals surface area contributed by atoms with Gasteiger partial charge in [0.1, 0.15) is 5.84 Å². The molecule has 2 aromatic rings.